The molecule has 0 bridgehead atoms. The van der Waals surface area contributed by atoms with Crippen molar-refractivity contribution in [2.24, 2.45) is 0 Å². The molecule has 0 aliphatic carbocycles. The molecule has 1 unspecified atom stereocenters. The average molecular weight is 321 g/mol. The Bertz CT molecular complexity index is 804. The van der Waals surface area contributed by atoms with Gasteiger partial charge in [0.05, 0.1) is 23.4 Å². The number of nitrogens with zero attached hydrogens (tertiary/aromatic N) is 1. The number of nitriles is 1. The lowest BCUT2D eigenvalue weighted by molar-refractivity contribution is 0.569. The number of nitrogen functional groups attached to an aromatic ring is 1. The van der Waals surface area contributed by atoms with Crippen LogP contribution in [0.5, 0.6) is 0 Å². The van der Waals surface area contributed by atoms with Gasteiger partial charge in [0.25, 0.3) is 0 Å². The van der Waals surface area contributed by atoms with Gasteiger partial charge < -0.3 is 5.73 Å². The standard InChI is InChI=1S/C14H15N3O2S2/c1-9-3-5-13(20-9)10(2)17-21(18,19)14-6-4-11(8-15)7-12(14)16/h3-7,10,17H,16H2,1-2H3. The first-order valence-corrected chi connectivity index (χ1v) is 8.52. The zero-order valence-corrected chi connectivity index (χ0v) is 13.3. The van der Waals surface area contributed by atoms with E-state index in [0.717, 1.165) is 9.75 Å². The van der Waals surface area contributed by atoms with Gasteiger partial charge in [-0.1, -0.05) is 0 Å². The Morgan fingerprint density at radius 2 is 2.05 bits per heavy atom. The van der Waals surface area contributed by atoms with Crippen molar-refractivity contribution >= 4 is 27.0 Å². The van der Waals surface area contributed by atoms with Gasteiger partial charge in [-0.15, -0.1) is 11.3 Å². The summed E-state index contributed by atoms with van der Waals surface area (Å²) in [6, 6.07) is 9.56. The van der Waals surface area contributed by atoms with Crippen LogP contribution in [-0.2, 0) is 10.0 Å². The number of benzene rings is 1. The van der Waals surface area contributed by atoms with Crippen LogP contribution in [0.2, 0.25) is 0 Å². The lowest BCUT2D eigenvalue weighted by Crippen LogP contribution is -2.27. The van der Waals surface area contributed by atoms with Gasteiger partial charge in [0.15, 0.2) is 0 Å². The van der Waals surface area contributed by atoms with E-state index in [2.05, 4.69) is 4.72 Å². The van der Waals surface area contributed by atoms with Gasteiger partial charge in [0.1, 0.15) is 4.90 Å². The summed E-state index contributed by atoms with van der Waals surface area (Å²) in [5.41, 5.74) is 6.13. The number of nitrogens with two attached hydrogens (primary N) is 1. The van der Waals surface area contributed by atoms with Crippen LogP contribution in [0.25, 0.3) is 0 Å². The minimum absolute atomic E-state index is 0.0124. The van der Waals surface area contributed by atoms with E-state index in [1.54, 1.807) is 18.3 Å². The number of aryl methyl sites for hydroxylation is 1. The predicted molar refractivity (Wildman–Crippen MR) is 83.4 cm³/mol. The maximum Gasteiger partial charge on any atom is 0.243 e. The fourth-order valence-electron chi connectivity index (χ4n) is 1.90. The Morgan fingerprint density at radius 3 is 2.57 bits per heavy atom. The summed E-state index contributed by atoms with van der Waals surface area (Å²) < 4.78 is 27.3. The summed E-state index contributed by atoms with van der Waals surface area (Å²) in [5.74, 6) is 0. The smallest absolute Gasteiger partial charge is 0.243 e. The van der Waals surface area contributed by atoms with Crippen LogP contribution >= 0.6 is 11.3 Å². The van der Waals surface area contributed by atoms with E-state index < -0.39 is 10.0 Å². The van der Waals surface area contributed by atoms with Gasteiger partial charge in [-0.25, -0.2) is 13.1 Å². The molecule has 0 radical (unpaired) electrons. The van der Waals surface area contributed by atoms with Crippen LogP contribution < -0.4 is 10.5 Å². The van der Waals surface area contributed by atoms with Gasteiger partial charge in [-0.3, -0.25) is 0 Å². The van der Waals surface area contributed by atoms with E-state index in [9.17, 15) is 8.42 Å². The van der Waals surface area contributed by atoms with E-state index in [0.29, 0.717) is 5.56 Å². The molecule has 2 aromatic rings. The summed E-state index contributed by atoms with van der Waals surface area (Å²) >= 11 is 1.54. The van der Waals surface area contributed by atoms with Crippen molar-refractivity contribution in [1.82, 2.24) is 4.72 Å². The molecule has 0 fully saturated rings. The largest absolute Gasteiger partial charge is 0.398 e. The lowest BCUT2D eigenvalue weighted by Gasteiger charge is -2.14. The van der Waals surface area contributed by atoms with Crippen LogP contribution in [-0.4, -0.2) is 8.42 Å². The molecule has 0 saturated carbocycles. The molecule has 0 aliphatic rings. The van der Waals surface area contributed by atoms with Crippen LogP contribution in [0.15, 0.2) is 35.2 Å². The van der Waals surface area contributed by atoms with Crippen LogP contribution in [0.4, 0.5) is 5.69 Å². The summed E-state index contributed by atoms with van der Waals surface area (Å²) in [6.45, 7) is 3.75. The molecule has 0 spiro atoms. The second-order valence-corrected chi connectivity index (χ2v) is 7.66. The number of thiophene rings is 1. The van der Waals surface area contributed by atoms with E-state index in [-0.39, 0.29) is 16.6 Å². The highest BCUT2D eigenvalue weighted by Gasteiger charge is 2.21. The Kier molecular flexibility index (Phi) is 4.32. The van der Waals surface area contributed by atoms with Gasteiger partial charge in [-0.05, 0) is 44.2 Å². The molecule has 1 aromatic heterocycles. The minimum atomic E-state index is -3.73. The number of hydrogen-bond donors (Lipinski definition) is 2. The lowest BCUT2D eigenvalue weighted by atomic mass is 10.2. The Balaban J connectivity index is 2.28. The molecule has 1 heterocycles. The molecule has 2 rings (SSSR count). The van der Waals surface area contributed by atoms with Crippen LogP contribution in [0, 0.1) is 18.3 Å². The Labute approximate surface area is 128 Å². The zero-order chi connectivity index (χ0) is 15.6. The fourth-order valence-corrected chi connectivity index (χ4v) is 4.19. The third kappa shape index (κ3) is 3.42. The number of rotatable bonds is 4. The summed E-state index contributed by atoms with van der Waals surface area (Å²) in [4.78, 5) is 2.04. The molecule has 5 nitrogen and oxygen atoms in total. The molecule has 7 heteroatoms. The number of nitrogens with one attached hydrogen (secondary N) is 1. The quantitative estimate of drug-likeness (QED) is 0.846. The topological polar surface area (TPSA) is 96.0 Å². The molecular weight excluding hydrogens is 306 g/mol. The zero-order valence-electron chi connectivity index (χ0n) is 11.6. The molecule has 0 aliphatic heterocycles. The normalized spacial score (nSPS) is 12.8. The average Bonchev–Trinajstić information content (AvgIpc) is 2.84. The Hall–Kier alpha value is -1.88. The molecule has 110 valence electrons. The minimum Gasteiger partial charge on any atom is -0.398 e. The van der Waals surface area contributed by atoms with Gasteiger partial charge in [-0.2, -0.15) is 5.26 Å². The second kappa shape index (κ2) is 5.85. The first-order chi connectivity index (χ1) is 9.83. The highest BCUT2D eigenvalue weighted by Crippen LogP contribution is 2.26. The van der Waals surface area contributed by atoms with Crippen LogP contribution in [0.1, 0.15) is 28.3 Å². The van der Waals surface area contributed by atoms with Crippen molar-refractivity contribution in [3.05, 3.63) is 45.6 Å². The van der Waals surface area contributed by atoms with Crippen molar-refractivity contribution in [2.75, 3.05) is 5.73 Å². The summed E-state index contributed by atoms with van der Waals surface area (Å²) in [6.07, 6.45) is 0. The molecule has 0 saturated heterocycles. The van der Waals surface area contributed by atoms with Gasteiger partial charge in [0.2, 0.25) is 10.0 Å². The maximum atomic E-state index is 12.4. The SMILES string of the molecule is Cc1ccc(C(C)NS(=O)(=O)c2ccc(C#N)cc2N)s1. The third-order valence-electron chi connectivity index (χ3n) is 2.95. The molecule has 3 N–H and O–H groups in total. The van der Waals surface area contributed by atoms with E-state index in [4.69, 9.17) is 11.0 Å². The summed E-state index contributed by atoms with van der Waals surface area (Å²) in [5, 5.41) is 8.78. The number of hydrogen-bond acceptors (Lipinski definition) is 5. The third-order valence-corrected chi connectivity index (χ3v) is 5.75. The summed E-state index contributed by atoms with van der Waals surface area (Å²) in [7, 11) is -3.73. The molecule has 0 amide bonds. The van der Waals surface area contributed by atoms with Gasteiger partial charge in [0, 0.05) is 9.75 Å². The highest BCUT2D eigenvalue weighted by atomic mass is 32.2. The van der Waals surface area contributed by atoms with Crippen molar-refractivity contribution in [2.45, 2.75) is 24.8 Å². The maximum absolute atomic E-state index is 12.4. The number of anilines is 1. The molecular formula is C14H15N3O2S2. The fraction of sp³-hybridized carbons (Fsp3) is 0.214. The van der Waals surface area contributed by atoms with Crippen molar-refractivity contribution in [1.29, 1.82) is 5.26 Å². The predicted octanol–water partition coefficient (Wildman–Crippen LogP) is 2.55. The monoisotopic (exact) mass is 321 g/mol. The Morgan fingerprint density at radius 1 is 1.33 bits per heavy atom. The second-order valence-electron chi connectivity index (χ2n) is 4.66. The highest BCUT2D eigenvalue weighted by molar-refractivity contribution is 7.89. The first kappa shape index (κ1) is 15.5. The number of sulfonamides is 1. The molecule has 1 aromatic carbocycles. The molecule has 21 heavy (non-hydrogen) atoms. The van der Waals surface area contributed by atoms with E-state index >= 15 is 0 Å². The van der Waals surface area contributed by atoms with Gasteiger partial charge >= 0.3 is 0 Å². The van der Waals surface area contributed by atoms with Crippen molar-refractivity contribution < 1.29 is 8.42 Å². The van der Waals surface area contributed by atoms with E-state index in [1.165, 1.54) is 18.2 Å². The first-order valence-electron chi connectivity index (χ1n) is 6.22. The molecule has 1 atom stereocenters. The van der Waals surface area contributed by atoms with Crippen LogP contribution in [0.3, 0.4) is 0 Å². The van der Waals surface area contributed by atoms with E-state index in [1.807, 2.05) is 25.1 Å². The van der Waals surface area contributed by atoms with Crippen molar-refractivity contribution in [3.63, 3.8) is 0 Å². The van der Waals surface area contributed by atoms with Crippen molar-refractivity contribution in [3.8, 4) is 6.07 Å².